The second-order valence-corrected chi connectivity index (χ2v) is 4.22. The Morgan fingerprint density at radius 3 is 2.61 bits per heavy atom. The largest absolute Gasteiger partial charge is 0.374 e. The zero-order valence-corrected chi connectivity index (χ0v) is 10.0. The van der Waals surface area contributed by atoms with Gasteiger partial charge in [-0.15, -0.1) is 0 Å². The molecule has 2 amide bonds. The molecule has 0 aliphatic carbocycles. The molecule has 1 aromatic carbocycles. The predicted octanol–water partition coefficient (Wildman–Crippen LogP) is 1.12. The molecule has 0 saturated carbocycles. The second-order valence-electron chi connectivity index (χ2n) is 4.22. The molecule has 5 nitrogen and oxygen atoms in total. The molecule has 0 bridgehead atoms. The van der Waals surface area contributed by atoms with E-state index in [2.05, 4.69) is 5.32 Å². The first kappa shape index (κ1) is 12.1. The van der Waals surface area contributed by atoms with E-state index < -0.39 is 0 Å². The number of amides is 2. The van der Waals surface area contributed by atoms with Crippen LogP contribution in [0.25, 0.3) is 0 Å². The summed E-state index contributed by atoms with van der Waals surface area (Å²) in [5.74, 6) is -0.353. The highest BCUT2D eigenvalue weighted by atomic mass is 16.2. The third kappa shape index (κ3) is 2.33. The molecular formula is C13H13N3O2. The summed E-state index contributed by atoms with van der Waals surface area (Å²) in [5.41, 5.74) is 1.35. The van der Waals surface area contributed by atoms with Crippen molar-refractivity contribution in [1.29, 1.82) is 5.26 Å². The van der Waals surface area contributed by atoms with Crippen LogP contribution in [0.15, 0.2) is 24.3 Å². The molecule has 92 valence electrons. The van der Waals surface area contributed by atoms with Crippen molar-refractivity contribution in [2.75, 3.05) is 12.4 Å². The van der Waals surface area contributed by atoms with Gasteiger partial charge in [-0.05, 0) is 30.7 Å². The molecule has 1 heterocycles. The van der Waals surface area contributed by atoms with Crippen LogP contribution in [0.4, 0.5) is 5.69 Å². The van der Waals surface area contributed by atoms with Crippen LogP contribution in [-0.2, 0) is 9.59 Å². The molecular weight excluding hydrogens is 230 g/mol. The average Bonchev–Trinajstić information content (AvgIpc) is 2.40. The van der Waals surface area contributed by atoms with Gasteiger partial charge >= 0.3 is 0 Å². The number of imide groups is 1. The molecule has 0 radical (unpaired) electrons. The standard InChI is InChI=1S/C13H13N3O2/c1-16-12(17)7-6-11(13(16)18)15-10-4-2-9(8-14)3-5-10/h2-5,11,15H,6-7H2,1H3. The van der Waals surface area contributed by atoms with Crippen molar-refractivity contribution in [3.05, 3.63) is 29.8 Å². The zero-order valence-electron chi connectivity index (χ0n) is 10.0. The van der Waals surface area contributed by atoms with Crippen LogP contribution in [-0.4, -0.2) is 29.8 Å². The van der Waals surface area contributed by atoms with Gasteiger partial charge in [0.2, 0.25) is 5.91 Å². The van der Waals surface area contributed by atoms with Crippen LogP contribution in [0.2, 0.25) is 0 Å². The van der Waals surface area contributed by atoms with Crippen molar-refractivity contribution in [2.24, 2.45) is 0 Å². The summed E-state index contributed by atoms with van der Waals surface area (Å²) in [5, 5.41) is 11.8. The Bertz CT molecular complexity index is 516. The molecule has 2 rings (SSSR count). The van der Waals surface area contributed by atoms with E-state index in [0.717, 1.165) is 10.6 Å². The number of anilines is 1. The number of rotatable bonds is 2. The minimum Gasteiger partial charge on any atom is -0.374 e. The smallest absolute Gasteiger partial charge is 0.251 e. The lowest BCUT2D eigenvalue weighted by atomic mass is 10.0. The Hall–Kier alpha value is -2.35. The highest BCUT2D eigenvalue weighted by Crippen LogP contribution is 2.17. The second kappa shape index (κ2) is 4.88. The summed E-state index contributed by atoms with van der Waals surface area (Å²) in [7, 11) is 1.50. The van der Waals surface area contributed by atoms with E-state index in [1.165, 1.54) is 7.05 Å². The van der Waals surface area contributed by atoms with Gasteiger partial charge in [0.25, 0.3) is 5.91 Å². The maximum atomic E-state index is 11.9. The fraction of sp³-hybridized carbons (Fsp3) is 0.308. The number of likely N-dealkylation sites (N-methyl/N-ethyl adjacent to an activating group) is 1. The summed E-state index contributed by atoms with van der Waals surface area (Å²) in [6.45, 7) is 0. The predicted molar refractivity (Wildman–Crippen MR) is 65.6 cm³/mol. The number of hydrogen-bond acceptors (Lipinski definition) is 4. The highest BCUT2D eigenvalue weighted by molar-refractivity contribution is 6.01. The van der Waals surface area contributed by atoms with Crippen molar-refractivity contribution >= 4 is 17.5 Å². The third-order valence-electron chi connectivity index (χ3n) is 3.00. The fourth-order valence-electron chi connectivity index (χ4n) is 1.89. The van der Waals surface area contributed by atoms with Crippen LogP contribution in [0.5, 0.6) is 0 Å². The number of carbonyl (C=O) groups excluding carboxylic acids is 2. The molecule has 1 saturated heterocycles. The van der Waals surface area contributed by atoms with Crippen LogP contribution in [0.3, 0.4) is 0 Å². The van der Waals surface area contributed by atoms with E-state index >= 15 is 0 Å². The minimum atomic E-state index is -0.374. The SMILES string of the molecule is CN1C(=O)CCC(Nc2ccc(C#N)cc2)C1=O. The van der Waals surface area contributed by atoms with Crippen LogP contribution in [0.1, 0.15) is 18.4 Å². The summed E-state index contributed by atoms with van der Waals surface area (Å²) in [6, 6.07) is 8.53. The molecule has 1 aromatic rings. The van der Waals surface area contributed by atoms with Crippen LogP contribution in [0, 0.1) is 11.3 Å². The molecule has 1 fully saturated rings. The zero-order chi connectivity index (χ0) is 13.1. The van der Waals surface area contributed by atoms with E-state index in [0.29, 0.717) is 18.4 Å². The molecule has 0 aromatic heterocycles. The fourth-order valence-corrected chi connectivity index (χ4v) is 1.89. The average molecular weight is 243 g/mol. The monoisotopic (exact) mass is 243 g/mol. The normalized spacial score (nSPS) is 19.6. The number of hydrogen-bond donors (Lipinski definition) is 1. The summed E-state index contributed by atoms with van der Waals surface area (Å²) in [6.07, 6.45) is 0.873. The van der Waals surface area contributed by atoms with Gasteiger partial charge in [-0.1, -0.05) is 0 Å². The van der Waals surface area contributed by atoms with Gasteiger partial charge in [0.05, 0.1) is 11.6 Å². The number of carbonyl (C=O) groups is 2. The molecule has 0 spiro atoms. The topological polar surface area (TPSA) is 73.2 Å². The maximum Gasteiger partial charge on any atom is 0.251 e. The maximum absolute atomic E-state index is 11.9. The van der Waals surface area contributed by atoms with Crippen molar-refractivity contribution in [2.45, 2.75) is 18.9 Å². The quantitative estimate of drug-likeness (QED) is 0.790. The Kier molecular flexibility index (Phi) is 3.28. The van der Waals surface area contributed by atoms with Crippen molar-refractivity contribution in [3.8, 4) is 6.07 Å². The molecule has 1 aliphatic heterocycles. The van der Waals surface area contributed by atoms with Crippen molar-refractivity contribution in [3.63, 3.8) is 0 Å². The number of nitrogens with one attached hydrogen (secondary N) is 1. The molecule has 1 atom stereocenters. The third-order valence-corrected chi connectivity index (χ3v) is 3.00. The van der Waals surface area contributed by atoms with Gasteiger partial charge < -0.3 is 5.32 Å². The van der Waals surface area contributed by atoms with E-state index in [4.69, 9.17) is 5.26 Å². The van der Waals surface area contributed by atoms with Crippen molar-refractivity contribution < 1.29 is 9.59 Å². The van der Waals surface area contributed by atoms with E-state index in [1.807, 2.05) is 6.07 Å². The van der Waals surface area contributed by atoms with Gasteiger partial charge in [-0.3, -0.25) is 14.5 Å². The number of likely N-dealkylation sites (tertiary alicyclic amines) is 1. The summed E-state index contributed by atoms with van der Waals surface area (Å²) in [4.78, 5) is 24.3. The van der Waals surface area contributed by atoms with Gasteiger partial charge in [0.15, 0.2) is 0 Å². The summed E-state index contributed by atoms with van der Waals surface area (Å²) >= 11 is 0. The lowest BCUT2D eigenvalue weighted by Gasteiger charge is -2.28. The first-order valence-corrected chi connectivity index (χ1v) is 5.69. The number of nitriles is 1. The number of benzene rings is 1. The summed E-state index contributed by atoms with van der Waals surface area (Å²) < 4.78 is 0. The lowest BCUT2D eigenvalue weighted by molar-refractivity contribution is -0.146. The number of piperidine rings is 1. The van der Waals surface area contributed by atoms with Gasteiger partial charge in [0, 0.05) is 19.2 Å². The highest BCUT2D eigenvalue weighted by Gasteiger charge is 2.31. The van der Waals surface area contributed by atoms with E-state index in [9.17, 15) is 9.59 Å². The first-order chi connectivity index (χ1) is 8.61. The van der Waals surface area contributed by atoms with E-state index in [1.54, 1.807) is 24.3 Å². The first-order valence-electron chi connectivity index (χ1n) is 5.69. The number of nitrogens with zero attached hydrogens (tertiary/aromatic N) is 2. The minimum absolute atomic E-state index is 0.141. The molecule has 5 heteroatoms. The molecule has 1 unspecified atom stereocenters. The Labute approximate surface area is 105 Å². The molecule has 18 heavy (non-hydrogen) atoms. The lowest BCUT2D eigenvalue weighted by Crippen LogP contribution is -2.48. The van der Waals surface area contributed by atoms with E-state index in [-0.39, 0.29) is 17.9 Å². The van der Waals surface area contributed by atoms with Crippen LogP contribution >= 0.6 is 0 Å². The Morgan fingerprint density at radius 1 is 1.33 bits per heavy atom. The van der Waals surface area contributed by atoms with Crippen molar-refractivity contribution in [1.82, 2.24) is 4.90 Å². The van der Waals surface area contributed by atoms with Gasteiger partial charge in [-0.25, -0.2) is 0 Å². The Balaban J connectivity index is 2.07. The Morgan fingerprint density at radius 2 is 2.00 bits per heavy atom. The molecule has 1 N–H and O–H groups in total. The van der Waals surface area contributed by atoms with Gasteiger partial charge in [-0.2, -0.15) is 5.26 Å². The van der Waals surface area contributed by atoms with Crippen LogP contribution < -0.4 is 5.32 Å². The molecule has 1 aliphatic rings. The van der Waals surface area contributed by atoms with Gasteiger partial charge in [0.1, 0.15) is 6.04 Å².